The maximum absolute atomic E-state index is 12.0. The summed E-state index contributed by atoms with van der Waals surface area (Å²) in [4.78, 5) is 14.2. The van der Waals surface area contributed by atoms with Crippen LogP contribution in [0.4, 0.5) is 0 Å². The summed E-state index contributed by atoms with van der Waals surface area (Å²) in [6.45, 7) is 10.2. The highest BCUT2D eigenvalue weighted by Gasteiger charge is 2.31. The van der Waals surface area contributed by atoms with Gasteiger partial charge in [0.2, 0.25) is 5.91 Å². The average Bonchev–Trinajstić information content (AvgIpc) is 2.73. The van der Waals surface area contributed by atoms with E-state index < -0.39 is 0 Å². The topological polar surface area (TPSA) is 20.3 Å². The molecule has 1 aliphatic heterocycles. The van der Waals surface area contributed by atoms with Gasteiger partial charge in [-0.05, 0) is 31.1 Å². The molecule has 0 bridgehead atoms. The average molecular weight is 253 g/mol. The molecule has 2 nitrogen and oxygen atoms in total. The van der Waals surface area contributed by atoms with Crippen molar-refractivity contribution in [3.8, 4) is 0 Å². The number of nitrogens with zero attached hydrogens (tertiary/aromatic N) is 1. The predicted octanol–water partition coefficient (Wildman–Crippen LogP) is 4.24. The standard InChI is InChI=1S/C16H31NO/c1-5-8-13(3)12-15(14(4)9-6-2)17-11-7-10-16(17)18/h13-15H,5-12H2,1-4H3. The Labute approximate surface area is 113 Å². The Morgan fingerprint density at radius 2 is 1.83 bits per heavy atom. The van der Waals surface area contributed by atoms with Gasteiger partial charge in [-0.3, -0.25) is 4.79 Å². The van der Waals surface area contributed by atoms with Crippen molar-refractivity contribution < 1.29 is 4.79 Å². The van der Waals surface area contributed by atoms with Crippen LogP contribution in [-0.4, -0.2) is 23.4 Å². The highest BCUT2D eigenvalue weighted by atomic mass is 16.2. The van der Waals surface area contributed by atoms with Crippen molar-refractivity contribution in [1.29, 1.82) is 0 Å². The minimum Gasteiger partial charge on any atom is -0.339 e. The minimum atomic E-state index is 0.395. The van der Waals surface area contributed by atoms with Gasteiger partial charge in [-0.15, -0.1) is 0 Å². The third kappa shape index (κ3) is 4.29. The van der Waals surface area contributed by atoms with E-state index in [1.54, 1.807) is 0 Å². The Bertz CT molecular complexity index is 251. The van der Waals surface area contributed by atoms with Gasteiger partial charge < -0.3 is 4.90 Å². The Balaban J connectivity index is 2.64. The monoisotopic (exact) mass is 253 g/mol. The van der Waals surface area contributed by atoms with Gasteiger partial charge in [0.1, 0.15) is 0 Å². The molecule has 1 fully saturated rings. The summed E-state index contributed by atoms with van der Waals surface area (Å²) in [7, 11) is 0. The van der Waals surface area contributed by atoms with Crippen molar-refractivity contribution >= 4 is 5.91 Å². The van der Waals surface area contributed by atoms with Crippen molar-refractivity contribution in [2.45, 2.75) is 78.7 Å². The number of carbonyl (C=O) groups excluding carboxylic acids is 1. The molecule has 0 N–H and O–H groups in total. The van der Waals surface area contributed by atoms with Crippen molar-refractivity contribution in [3.05, 3.63) is 0 Å². The molecule has 18 heavy (non-hydrogen) atoms. The van der Waals surface area contributed by atoms with Crippen LogP contribution in [0.5, 0.6) is 0 Å². The zero-order valence-electron chi connectivity index (χ0n) is 12.7. The van der Waals surface area contributed by atoms with Gasteiger partial charge in [-0.25, -0.2) is 0 Å². The molecular formula is C16H31NO. The Kier molecular flexibility index (Phi) is 6.73. The third-order valence-electron chi connectivity index (χ3n) is 4.34. The van der Waals surface area contributed by atoms with E-state index >= 15 is 0 Å². The van der Waals surface area contributed by atoms with Crippen LogP contribution in [-0.2, 0) is 4.79 Å². The van der Waals surface area contributed by atoms with E-state index in [0.29, 0.717) is 17.9 Å². The van der Waals surface area contributed by atoms with Crippen molar-refractivity contribution in [2.24, 2.45) is 11.8 Å². The second-order valence-corrected chi connectivity index (χ2v) is 6.15. The zero-order valence-corrected chi connectivity index (χ0v) is 12.7. The molecule has 2 heteroatoms. The van der Waals surface area contributed by atoms with E-state index in [1.165, 1.54) is 32.1 Å². The Hall–Kier alpha value is -0.530. The smallest absolute Gasteiger partial charge is 0.222 e. The lowest BCUT2D eigenvalue weighted by molar-refractivity contribution is -0.131. The number of hydrogen-bond donors (Lipinski definition) is 0. The van der Waals surface area contributed by atoms with Gasteiger partial charge in [0.15, 0.2) is 0 Å². The van der Waals surface area contributed by atoms with Crippen LogP contribution in [0.25, 0.3) is 0 Å². The van der Waals surface area contributed by atoms with Crippen molar-refractivity contribution in [3.63, 3.8) is 0 Å². The normalized spacial score (nSPS) is 21.1. The number of rotatable bonds is 8. The van der Waals surface area contributed by atoms with Gasteiger partial charge in [0.25, 0.3) is 0 Å². The van der Waals surface area contributed by atoms with E-state index in [2.05, 4.69) is 32.6 Å². The predicted molar refractivity (Wildman–Crippen MR) is 77.5 cm³/mol. The molecule has 3 unspecified atom stereocenters. The Morgan fingerprint density at radius 1 is 1.17 bits per heavy atom. The molecule has 1 amide bonds. The molecule has 0 saturated carbocycles. The van der Waals surface area contributed by atoms with E-state index in [9.17, 15) is 4.79 Å². The molecule has 1 heterocycles. The first-order chi connectivity index (χ1) is 8.60. The van der Waals surface area contributed by atoms with Gasteiger partial charge >= 0.3 is 0 Å². The van der Waals surface area contributed by atoms with Gasteiger partial charge in [0.05, 0.1) is 0 Å². The van der Waals surface area contributed by atoms with E-state index in [4.69, 9.17) is 0 Å². The summed E-state index contributed by atoms with van der Waals surface area (Å²) in [6.07, 6.45) is 8.05. The van der Waals surface area contributed by atoms with Crippen molar-refractivity contribution in [2.75, 3.05) is 6.54 Å². The first-order valence-corrected chi connectivity index (χ1v) is 7.89. The number of hydrogen-bond acceptors (Lipinski definition) is 1. The van der Waals surface area contributed by atoms with Crippen LogP contribution in [0.3, 0.4) is 0 Å². The quantitative estimate of drug-likeness (QED) is 0.633. The van der Waals surface area contributed by atoms with Crippen LogP contribution in [0.1, 0.15) is 72.6 Å². The fourth-order valence-corrected chi connectivity index (χ4v) is 3.36. The van der Waals surface area contributed by atoms with Crippen LogP contribution in [0.15, 0.2) is 0 Å². The lowest BCUT2D eigenvalue weighted by Gasteiger charge is -2.34. The zero-order chi connectivity index (χ0) is 13.5. The summed E-state index contributed by atoms with van der Waals surface area (Å²) in [5.41, 5.74) is 0. The summed E-state index contributed by atoms with van der Waals surface area (Å²) in [5.74, 6) is 1.79. The molecule has 0 spiro atoms. The first kappa shape index (κ1) is 15.5. The molecule has 0 aromatic heterocycles. The van der Waals surface area contributed by atoms with Crippen molar-refractivity contribution in [1.82, 2.24) is 4.90 Å². The van der Waals surface area contributed by atoms with E-state index in [1.807, 2.05) is 0 Å². The van der Waals surface area contributed by atoms with Crippen LogP contribution >= 0.6 is 0 Å². The maximum atomic E-state index is 12.0. The molecule has 0 aromatic carbocycles. The largest absolute Gasteiger partial charge is 0.339 e. The first-order valence-electron chi connectivity index (χ1n) is 7.89. The second-order valence-electron chi connectivity index (χ2n) is 6.15. The van der Waals surface area contributed by atoms with Gasteiger partial charge in [-0.2, -0.15) is 0 Å². The van der Waals surface area contributed by atoms with Gasteiger partial charge in [0, 0.05) is 19.0 Å². The summed E-state index contributed by atoms with van der Waals surface area (Å²) < 4.78 is 0. The summed E-state index contributed by atoms with van der Waals surface area (Å²) in [5, 5.41) is 0. The summed E-state index contributed by atoms with van der Waals surface area (Å²) >= 11 is 0. The molecule has 0 aliphatic carbocycles. The SMILES string of the molecule is CCCC(C)CC(C(C)CCC)N1CCCC1=O. The lowest BCUT2D eigenvalue weighted by Crippen LogP contribution is -2.41. The fraction of sp³-hybridized carbons (Fsp3) is 0.938. The van der Waals surface area contributed by atoms with Crippen LogP contribution in [0, 0.1) is 11.8 Å². The molecule has 0 radical (unpaired) electrons. The number of carbonyl (C=O) groups is 1. The maximum Gasteiger partial charge on any atom is 0.222 e. The summed E-state index contributed by atoms with van der Waals surface area (Å²) in [6, 6.07) is 0.487. The second kappa shape index (κ2) is 7.81. The molecular weight excluding hydrogens is 222 g/mol. The fourth-order valence-electron chi connectivity index (χ4n) is 3.36. The minimum absolute atomic E-state index is 0.395. The van der Waals surface area contributed by atoms with Gasteiger partial charge in [-0.1, -0.05) is 47.0 Å². The van der Waals surface area contributed by atoms with Crippen LogP contribution in [0.2, 0.25) is 0 Å². The highest BCUT2D eigenvalue weighted by Crippen LogP contribution is 2.28. The van der Waals surface area contributed by atoms with E-state index in [0.717, 1.165) is 25.3 Å². The highest BCUT2D eigenvalue weighted by molar-refractivity contribution is 5.78. The van der Waals surface area contributed by atoms with Crippen LogP contribution < -0.4 is 0 Å². The molecule has 106 valence electrons. The molecule has 1 aliphatic rings. The lowest BCUT2D eigenvalue weighted by atomic mass is 9.87. The Morgan fingerprint density at radius 3 is 2.33 bits per heavy atom. The van der Waals surface area contributed by atoms with E-state index in [-0.39, 0.29) is 0 Å². The molecule has 1 saturated heterocycles. The molecule has 0 aromatic rings. The molecule has 3 atom stereocenters. The molecule has 1 rings (SSSR count). The third-order valence-corrected chi connectivity index (χ3v) is 4.34. The number of amides is 1. The number of likely N-dealkylation sites (tertiary alicyclic amines) is 1.